The molecule has 0 bridgehead atoms. The third-order valence-electron chi connectivity index (χ3n) is 6.04. The number of nitrogens with zero attached hydrogens (tertiary/aromatic N) is 2. The molecule has 1 fully saturated rings. The van der Waals surface area contributed by atoms with Crippen LogP contribution in [0, 0.1) is 5.41 Å². The van der Waals surface area contributed by atoms with E-state index < -0.39 is 41.4 Å². The van der Waals surface area contributed by atoms with Gasteiger partial charge in [-0.05, 0) is 28.5 Å². The Labute approximate surface area is 203 Å². The summed E-state index contributed by atoms with van der Waals surface area (Å²) in [5.41, 5.74) is -0.760. The molecule has 1 aliphatic heterocycles. The Morgan fingerprint density at radius 2 is 1.89 bits per heavy atom. The maximum atomic E-state index is 13.4. The lowest BCUT2D eigenvalue weighted by Gasteiger charge is -2.36. The Hall–Kier alpha value is -2.72. The van der Waals surface area contributed by atoms with Crippen LogP contribution in [0.15, 0.2) is 30.5 Å². The zero-order valence-electron chi connectivity index (χ0n) is 20.6. The van der Waals surface area contributed by atoms with Crippen LogP contribution >= 0.6 is 0 Å². The van der Waals surface area contributed by atoms with Gasteiger partial charge in [-0.1, -0.05) is 46.8 Å². The van der Waals surface area contributed by atoms with Crippen LogP contribution in [0.25, 0.3) is 10.8 Å². The summed E-state index contributed by atoms with van der Waals surface area (Å²) in [6.07, 6.45) is -4.16. The number of aromatic nitrogens is 1. The molecule has 2 aromatic rings. The molecular weight excluding hydrogens is 461 g/mol. The molecule has 35 heavy (non-hydrogen) atoms. The number of pyridine rings is 1. The third kappa shape index (κ3) is 6.29. The van der Waals surface area contributed by atoms with Crippen molar-refractivity contribution in [2.24, 2.45) is 5.41 Å². The monoisotopic (exact) mass is 494 g/mol. The highest BCUT2D eigenvalue weighted by Crippen LogP contribution is 2.33. The molecule has 1 aromatic heterocycles. The number of aliphatic hydroxyl groups is 1. The molecule has 2 amide bonds. The Kier molecular flexibility index (Phi) is 7.76. The van der Waals surface area contributed by atoms with Crippen LogP contribution in [0.3, 0.4) is 0 Å². The third-order valence-corrected chi connectivity index (χ3v) is 6.04. The van der Waals surface area contributed by atoms with Crippen LogP contribution in [0.2, 0.25) is 0 Å². The first kappa shape index (κ1) is 26.9. The van der Waals surface area contributed by atoms with Gasteiger partial charge in [0.05, 0.1) is 12.1 Å². The summed E-state index contributed by atoms with van der Waals surface area (Å²) < 4.78 is 39.6. The zero-order chi connectivity index (χ0) is 26.1. The van der Waals surface area contributed by atoms with Crippen LogP contribution in [0.4, 0.5) is 13.2 Å². The average molecular weight is 495 g/mol. The topological polar surface area (TPSA) is 94.6 Å². The highest BCUT2D eigenvalue weighted by atomic mass is 19.4. The Balaban J connectivity index is 1.75. The molecular formula is C25H33F3N4O3. The largest absolute Gasteiger partial charge is 0.433 e. The number of rotatable bonds is 6. The van der Waals surface area contributed by atoms with E-state index in [1.807, 2.05) is 34.6 Å². The van der Waals surface area contributed by atoms with Crippen LogP contribution in [0.1, 0.15) is 52.3 Å². The Morgan fingerprint density at radius 3 is 2.49 bits per heavy atom. The maximum absolute atomic E-state index is 13.4. The predicted molar refractivity (Wildman–Crippen MR) is 126 cm³/mol. The first-order valence-corrected chi connectivity index (χ1v) is 11.7. The number of hydrogen-bond donors (Lipinski definition) is 3. The Morgan fingerprint density at radius 1 is 1.20 bits per heavy atom. The van der Waals surface area contributed by atoms with Crippen molar-refractivity contribution in [1.82, 2.24) is 20.5 Å². The van der Waals surface area contributed by atoms with Crippen molar-refractivity contribution < 1.29 is 27.9 Å². The van der Waals surface area contributed by atoms with Gasteiger partial charge in [0.25, 0.3) is 0 Å². The van der Waals surface area contributed by atoms with Gasteiger partial charge >= 0.3 is 6.18 Å². The van der Waals surface area contributed by atoms with E-state index in [0.29, 0.717) is 10.9 Å². The van der Waals surface area contributed by atoms with Gasteiger partial charge in [-0.2, -0.15) is 13.2 Å². The van der Waals surface area contributed by atoms with Gasteiger partial charge in [0, 0.05) is 37.1 Å². The lowest BCUT2D eigenvalue weighted by Crippen LogP contribution is -2.57. The number of alkyl halides is 3. The first-order chi connectivity index (χ1) is 16.2. The van der Waals surface area contributed by atoms with Crippen molar-refractivity contribution in [2.75, 3.05) is 6.54 Å². The van der Waals surface area contributed by atoms with Crippen LogP contribution in [-0.4, -0.2) is 57.6 Å². The second-order valence-corrected chi connectivity index (χ2v) is 10.4. The fourth-order valence-corrected chi connectivity index (χ4v) is 4.37. The number of carbonyl (C=O) groups excluding carboxylic acids is 2. The van der Waals surface area contributed by atoms with Gasteiger partial charge in [-0.15, -0.1) is 0 Å². The van der Waals surface area contributed by atoms with E-state index in [2.05, 4.69) is 15.6 Å². The van der Waals surface area contributed by atoms with Gasteiger partial charge < -0.3 is 20.6 Å². The number of β-amino-alcohol motifs (C(OH)–C–C–N with tert-alkyl or cyclic N) is 1. The summed E-state index contributed by atoms with van der Waals surface area (Å²) in [4.78, 5) is 31.3. The fourth-order valence-electron chi connectivity index (χ4n) is 4.37. The number of aliphatic hydroxyl groups excluding tert-OH is 1. The second-order valence-electron chi connectivity index (χ2n) is 10.4. The normalized spacial score (nSPS) is 19.9. The quantitative estimate of drug-likeness (QED) is 0.573. The minimum atomic E-state index is -4.57. The molecule has 3 atom stereocenters. The number of fused-ring (bicyclic) bond motifs is 1. The molecule has 0 radical (unpaired) electrons. The summed E-state index contributed by atoms with van der Waals surface area (Å²) >= 11 is 0. The van der Waals surface area contributed by atoms with Crippen molar-refractivity contribution in [3.05, 3.63) is 41.7 Å². The number of likely N-dealkylation sites (tertiary alicyclic amines) is 1. The van der Waals surface area contributed by atoms with E-state index >= 15 is 0 Å². The van der Waals surface area contributed by atoms with Crippen molar-refractivity contribution in [1.29, 1.82) is 0 Å². The molecule has 3 rings (SSSR count). The number of nitrogens with one attached hydrogen (secondary N) is 2. The summed E-state index contributed by atoms with van der Waals surface area (Å²) in [6.45, 7) is 9.81. The van der Waals surface area contributed by atoms with E-state index in [1.54, 1.807) is 6.07 Å². The van der Waals surface area contributed by atoms with Crippen molar-refractivity contribution in [3.63, 3.8) is 0 Å². The molecule has 1 aliphatic rings. The molecule has 0 saturated carbocycles. The van der Waals surface area contributed by atoms with Crippen LogP contribution in [0.5, 0.6) is 0 Å². The van der Waals surface area contributed by atoms with E-state index in [0.717, 1.165) is 6.20 Å². The summed E-state index contributed by atoms with van der Waals surface area (Å²) in [5.74, 6) is -0.668. The molecule has 7 nitrogen and oxygen atoms in total. The van der Waals surface area contributed by atoms with Crippen molar-refractivity contribution in [2.45, 2.75) is 78.0 Å². The van der Waals surface area contributed by atoms with E-state index in [1.165, 1.54) is 23.1 Å². The second kappa shape index (κ2) is 10.1. The maximum Gasteiger partial charge on any atom is 0.433 e. The predicted octanol–water partition coefficient (Wildman–Crippen LogP) is 3.24. The van der Waals surface area contributed by atoms with E-state index in [9.17, 15) is 27.9 Å². The number of hydrogen-bond acceptors (Lipinski definition) is 5. The summed E-state index contributed by atoms with van der Waals surface area (Å²) in [5, 5.41) is 16.6. The number of amides is 2. The van der Waals surface area contributed by atoms with E-state index in [-0.39, 0.29) is 36.8 Å². The lowest BCUT2D eigenvalue weighted by molar-refractivity contribution is -0.142. The molecule has 1 aromatic carbocycles. The minimum Gasteiger partial charge on any atom is -0.391 e. The molecule has 2 heterocycles. The van der Waals surface area contributed by atoms with E-state index in [4.69, 9.17) is 0 Å². The summed E-state index contributed by atoms with van der Waals surface area (Å²) in [6, 6.07) is 4.57. The minimum absolute atomic E-state index is 0.0170. The first-order valence-electron chi connectivity index (χ1n) is 11.7. The standard InChI is InChI=1S/C25H33F3N4O3/c1-14(2)31-21(24(3,4)5)23(35)32-13-17(33)11-19(32)22(34)30-12-15-6-7-18-16(10-15)8-9-29-20(18)25(26,27)28/h6-10,14,17,19,21,31,33H,11-13H2,1-5H3,(H,30,34)/t17-,19+,21-/m1/s1. The van der Waals surface area contributed by atoms with Gasteiger partial charge in [0.2, 0.25) is 11.8 Å². The Bertz CT molecular complexity index is 1080. The molecule has 1 saturated heterocycles. The highest BCUT2D eigenvalue weighted by molar-refractivity contribution is 5.91. The molecule has 0 unspecified atom stereocenters. The SMILES string of the molecule is CC(C)N[C@H](C(=O)N1C[C@H](O)C[C@H]1C(=O)NCc1ccc2c(C(F)(F)F)nccc2c1)C(C)(C)C. The van der Waals surface area contributed by atoms with Gasteiger partial charge in [0.1, 0.15) is 6.04 Å². The van der Waals surface area contributed by atoms with Crippen LogP contribution < -0.4 is 10.6 Å². The molecule has 0 spiro atoms. The van der Waals surface area contributed by atoms with Gasteiger partial charge in [0.15, 0.2) is 5.69 Å². The molecule has 192 valence electrons. The van der Waals surface area contributed by atoms with Crippen molar-refractivity contribution in [3.8, 4) is 0 Å². The van der Waals surface area contributed by atoms with Crippen molar-refractivity contribution >= 4 is 22.6 Å². The molecule has 10 heteroatoms. The van der Waals surface area contributed by atoms with Gasteiger partial charge in [-0.25, -0.2) is 0 Å². The fraction of sp³-hybridized carbons (Fsp3) is 0.560. The zero-order valence-corrected chi connectivity index (χ0v) is 20.6. The van der Waals surface area contributed by atoms with Gasteiger partial charge in [-0.3, -0.25) is 14.6 Å². The lowest BCUT2D eigenvalue weighted by atomic mass is 9.85. The molecule has 3 N–H and O–H groups in total. The number of halogens is 3. The molecule has 0 aliphatic carbocycles. The highest BCUT2D eigenvalue weighted by Gasteiger charge is 2.44. The smallest absolute Gasteiger partial charge is 0.391 e. The summed E-state index contributed by atoms with van der Waals surface area (Å²) in [7, 11) is 0. The van der Waals surface area contributed by atoms with Crippen LogP contribution in [-0.2, 0) is 22.3 Å². The average Bonchev–Trinajstić information content (AvgIpc) is 3.15. The number of carbonyl (C=O) groups is 2. The number of benzene rings is 1.